The molecule has 4 nitrogen and oxygen atoms in total. The molecule has 0 saturated carbocycles. The molecule has 0 bridgehead atoms. The normalized spacial score (nSPS) is 10.6. The Labute approximate surface area is 139 Å². The zero-order valence-corrected chi connectivity index (χ0v) is 13.4. The number of esters is 1. The number of allylic oxidation sites excluding steroid dienone is 1. The van der Waals surface area contributed by atoms with Crippen LogP contribution >= 0.6 is 0 Å². The molecule has 0 heterocycles. The molecule has 0 N–H and O–H groups in total. The summed E-state index contributed by atoms with van der Waals surface area (Å²) < 4.78 is 23.3. The van der Waals surface area contributed by atoms with Crippen LogP contribution in [-0.4, -0.2) is 18.9 Å². The van der Waals surface area contributed by atoms with E-state index in [1.165, 1.54) is 32.2 Å². The van der Waals surface area contributed by atoms with Crippen LogP contribution in [0.4, 0.5) is 4.39 Å². The topological polar surface area (TPSA) is 52.6 Å². The van der Waals surface area contributed by atoms with Crippen molar-refractivity contribution in [3.8, 4) is 11.5 Å². The Kier molecular flexibility index (Phi) is 5.84. The maximum absolute atomic E-state index is 13.1. The van der Waals surface area contributed by atoms with Gasteiger partial charge < -0.3 is 9.47 Å². The fourth-order valence-corrected chi connectivity index (χ4v) is 2.13. The molecule has 0 aliphatic heterocycles. The Hall–Kier alpha value is -2.95. The second-order valence-electron chi connectivity index (χ2n) is 5.11. The minimum absolute atomic E-state index is 0.112. The summed E-state index contributed by atoms with van der Waals surface area (Å²) in [6.45, 7) is 1.30. The van der Waals surface area contributed by atoms with Gasteiger partial charge in [0.15, 0.2) is 17.3 Å². The van der Waals surface area contributed by atoms with Crippen LogP contribution in [0.2, 0.25) is 0 Å². The van der Waals surface area contributed by atoms with Gasteiger partial charge in [0.2, 0.25) is 0 Å². The Morgan fingerprint density at radius 3 is 2.58 bits per heavy atom. The van der Waals surface area contributed by atoms with Crippen LogP contribution in [-0.2, 0) is 16.0 Å². The average Bonchev–Trinajstić information content (AvgIpc) is 2.52. The quantitative estimate of drug-likeness (QED) is 0.462. The number of carbonyl (C=O) groups is 2. The van der Waals surface area contributed by atoms with Crippen molar-refractivity contribution in [2.24, 2.45) is 0 Å². The number of benzene rings is 2. The highest BCUT2D eigenvalue weighted by Crippen LogP contribution is 2.28. The Bertz CT molecular complexity index is 781. The van der Waals surface area contributed by atoms with Gasteiger partial charge in [0, 0.05) is 13.3 Å². The van der Waals surface area contributed by atoms with Crippen molar-refractivity contribution in [2.75, 3.05) is 7.11 Å². The van der Waals surface area contributed by atoms with Crippen LogP contribution in [0.3, 0.4) is 0 Å². The van der Waals surface area contributed by atoms with Gasteiger partial charge in [-0.3, -0.25) is 9.59 Å². The van der Waals surface area contributed by atoms with Crippen LogP contribution in [0.25, 0.3) is 6.08 Å². The lowest BCUT2D eigenvalue weighted by Crippen LogP contribution is -2.03. The van der Waals surface area contributed by atoms with Crippen molar-refractivity contribution in [2.45, 2.75) is 13.3 Å². The summed E-state index contributed by atoms with van der Waals surface area (Å²) >= 11 is 0. The first-order chi connectivity index (χ1) is 11.5. The third-order valence-electron chi connectivity index (χ3n) is 3.17. The van der Waals surface area contributed by atoms with E-state index in [0.29, 0.717) is 16.9 Å². The van der Waals surface area contributed by atoms with Gasteiger partial charge in [0.25, 0.3) is 0 Å². The predicted octanol–water partition coefficient (Wildman–Crippen LogP) is 3.58. The van der Waals surface area contributed by atoms with E-state index < -0.39 is 5.97 Å². The molecular formula is C19H17FO4. The first-order valence-electron chi connectivity index (χ1n) is 7.30. The molecule has 0 unspecified atom stereocenters. The first-order valence-corrected chi connectivity index (χ1v) is 7.30. The van der Waals surface area contributed by atoms with Gasteiger partial charge in [-0.15, -0.1) is 0 Å². The Morgan fingerprint density at radius 2 is 1.92 bits per heavy atom. The number of hydrogen-bond donors (Lipinski definition) is 0. The first kappa shape index (κ1) is 17.4. The maximum Gasteiger partial charge on any atom is 0.308 e. The third kappa shape index (κ3) is 5.05. The van der Waals surface area contributed by atoms with Gasteiger partial charge in [-0.2, -0.15) is 0 Å². The van der Waals surface area contributed by atoms with E-state index in [0.717, 1.165) is 0 Å². The molecular weight excluding hydrogens is 311 g/mol. The van der Waals surface area contributed by atoms with E-state index in [2.05, 4.69) is 0 Å². The number of carbonyl (C=O) groups excluding carboxylic acids is 2. The van der Waals surface area contributed by atoms with Gasteiger partial charge in [-0.25, -0.2) is 4.39 Å². The second-order valence-corrected chi connectivity index (χ2v) is 5.11. The summed E-state index contributed by atoms with van der Waals surface area (Å²) in [7, 11) is 1.47. The molecule has 0 aliphatic rings. The van der Waals surface area contributed by atoms with Crippen molar-refractivity contribution >= 4 is 17.8 Å². The molecule has 0 amide bonds. The van der Waals surface area contributed by atoms with Crippen LogP contribution in [0.5, 0.6) is 11.5 Å². The third-order valence-corrected chi connectivity index (χ3v) is 3.17. The minimum atomic E-state index is -0.461. The molecule has 2 aromatic carbocycles. The van der Waals surface area contributed by atoms with E-state index in [9.17, 15) is 14.0 Å². The van der Waals surface area contributed by atoms with Crippen molar-refractivity contribution in [1.29, 1.82) is 0 Å². The van der Waals surface area contributed by atoms with E-state index in [1.54, 1.807) is 36.4 Å². The summed E-state index contributed by atoms with van der Waals surface area (Å²) in [5, 5.41) is 0. The smallest absolute Gasteiger partial charge is 0.308 e. The standard InChI is InChI=1S/C19H17FO4/c1-13(21)24-19-12-14(7-9-18(19)23-2)6-8-17(22)11-15-4-3-5-16(20)10-15/h3-10,12H,11H2,1-2H3/b8-6+. The minimum Gasteiger partial charge on any atom is -0.493 e. The highest BCUT2D eigenvalue weighted by molar-refractivity contribution is 5.95. The van der Waals surface area contributed by atoms with Gasteiger partial charge in [0.1, 0.15) is 5.82 Å². The highest BCUT2D eigenvalue weighted by atomic mass is 19.1. The van der Waals surface area contributed by atoms with Crippen molar-refractivity contribution in [1.82, 2.24) is 0 Å². The van der Waals surface area contributed by atoms with Crippen molar-refractivity contribution in [3.63, 3.8) is 0 Å². The second kappa shape index (κ2) is 8.06. The fraction of sp³-hybridized carbons (Fsp3) is 0.158. The largest absolute Gasteiger partial charge is 0.493 e. The summed E-state index contributed by atoms with van der Waals surface area (Å²) in [5.41, 5.74) is 1.29. The summed E-state index contributed by atoms with van der Waals surface area (Å²) in [5.74, 6) is -0.286. The molecule has 0 radical (unpaired) electrons. The Balaban J connectivity index is 2.10. The molecule has 2 aromatic rings. The molecule has 2 rings (SSSR count). The monoisotopic (exact) mass is 328 g/mol. The lowest BCUT2D eigenvalue weighted by atomic mass is 10.1. The van der Waals surface area contributed by atoms with Crippen LogP contribution in [0.15, 0.2) is 48.5 Å². The highest BCUT2D eigenvalue weighted by Gasteiger charge is 2.07. The summed E-state index contributed by atoms with van der Waals surface area (Å²) in [4.78, 5) is 23.1. The van der Waals surface area contributed by atoms with Gasteiger partial charge in [-0.1, -0.05) is 24.3 Å². The molecule has 124 valence electrons. The predicted molar refractivity (Wildman–Crippen MR) is 88.4 cm³/mol. The van der Waals surface area contributed by atoms with E-state index in [1.807, 2.05) is 0 Å². The zero-order chi connectivity index (χ0) is 17.5. The maximum atomic E-state index is 13.1. The molecule has 0 aliphatic carbocycles. The Morgan fingerprint density at radius 1 is 1.12 bits per heavy atom. The average molecular weight is 328 g/mol. The van der Waals surface area contributed by atoms with Gasteiger partial charge >= 0.3 is 5.97 Å². The summed E-state index contributed by atoms with van der Waals surface area (Å²) in [6, 6.07) is 10.9. The lowest BCUT2D eigenvalue weighted by molar-refractivity contribution is -0.132. The number of halogens is 1. The molecule has 0 atom stereocenters. The van der Waals surface area contributed by atoms with Crippen molar-refractivity contribution in [3.05, 3.63) is 65.5 Å². The van der Waals surface area contributed by atoms with Crippen LogP contribution < -0.4 is 9.47 Å². The van der Waals surface area contributed by atoms with E-state index in [4.69, 9.17) is 9.47 Å². The number of methoxy groups -OCH3 is 1. The molecule has 24 heavy (non-hydrogen) atoms. The summed E-state index contributed by atoms with van der Waals surface area (Å²) in [6.07, 6.45) is 3.12. The van der Waals surface area contributed by atoms with Crippen LogP contribution in [0, 0.1) is 5.82 Å². The lowest BCUT2D eigenvalue weighted by Gasteiger charge is -2.08. The van der Waals surface area contributed by atoms with Crippen molar-refractivity contribution < 1.29 is 23.5 Å². The molecule has 0 fully saturated rings. The molecule has 0 aromatic heterocycles. The molecule has 0 spiro atoms. The number of rotatable bonds is 6. The van der Waals surface area contributed by atoms with Gasteiger partial charge in [0.05, 0.1) is 7.11 Å². The number of hydrogen-bond acceptors (Lipinski definition) is 4. The molecule has 0 saturated heterocycles. The number of ether oxygens (including phenoxy) is 2. The van der Waals surface area contributed by atoms with Crippen LogP contribution in [0.1, 0.15) is 18.1 Å². The van der Waals surface area contributed by atoms with Gasteiger partial charge in [-0.05, 0) is 41.5 Å². The number of ketones is 1. The van der Waals surface area contributed by atoms with E-state index >= 15 is 0 Å². The van der Waals surface area contributed by atoms with E-state index in [-0.39, 0.29) is 23.8 Å². The fourth-order valence-electron chi connectivity index (χ4n) is 2.13. The molecule has 5 heteroatoms. The SMILES string of the molecule is COc1ccc(/C=C/C(=O)Cc2cccc(F)c2)cc1OC(C)=O. The zero-order valence-electron chi connectivity index (χ0n) is 13.4.